The smallest absolute Gasteiger partial charge is 0.0239 e. The lowest BCUT2D eigenvalue weighted by Gasteiger charge is -2.30. The van der Waals surface area contributed by atoms with Gasteiger partial charge in [0.25, 0.3) is 0 Å². The van der Waals surface area contributed by atoms with Crippen LogP contribution in [0.4, 0.5) is 0 Å². The molecule has 0 bridgehead atoms. The maximum Gasteiger partial charge on any atom is 0.0239 e. The molecule has 2 nitrogen and oxygen atoms in total. The highest BCUT2D eigenvalue weighted by atomic mass is 15.1. The van der Waals surface area contributed by atoms with Gasteiger partial charge in [0.05, 0.1) is 0 Å². The van der Waals surface area contributed by atoms with Gasteiger partial charge < -0.3 is 5.32 Å². The second kappa shape index (κ2) is 7.06. The van der Waals surface area contributed by atoms with Crippen LogP contribution < -0.4 is 5.32 Å². The van der Waals surface area contributed by atoms with Gasteiger partial charge in [-0.25, -0.2) is 0 Å². The Morgan fingerprint density at radius 1 is 1.26 bits per heavy atom. The Hall–Kier alpha value is -0.860. The van der Waals surface area contributed by atoms with Crippen molar-refractivity contribution in [3.8, 4) is 0 Å². The van der Waals surface area contributed by atoms with Gasteiger partial charge in [0, 0.05) is 13.1 Å². The molecule has 1 aromatic carbocycles. The lowest BCUT2D eigenvalue weighted by atomic mass is 9.98. The van der Waals surface area contributed by atoms with Gasteiger partial charge >= 0.3 is 0 Å². The van der Waals surface area contributed by atoms with E-state index in [4.69, 9.17) is 0 Å². The Bertz CT molecular complexity index is 374. The molecule has 0 amide bonds. The minimum Gasteiger partial charge on any atom is -0.316 e. The highest BCUT2D eigenvalue weighted by molar-refractivity contribution is 5.33. The second-order valence-electron chi connectivity index (χ2n) is 5.91. The highest BCUT2D eigenvalue weighted by Crippen LogP contribution is 2.18. The van der Waals surface area contributed by atoms with Gasteiger partial charge in [-0.15, -0.1) is 0 Å². The molecule has 1 saturated heterocycles. The molecule has 1 aliphatic heterocycles. The zero-order chi connectivity index (χ0) is 13.7. The van der Waals surface area contributed by atoms with Crippen LogP contribution in [0.25, 0.3) is 0 Å². The predicted octanol–water partition coefficient (Wildman–Crippen LogP) is 3.12. The molecule has 19 heavy (non-hydrogen) atoms. The van der Waals surface area contributed by atoms with Crippen LogP contribution in [0.3, 0.4) is 0 Å². The van der Waals surface area contributed by atoms with E-state index >= 15 is 0 Å². The van der Waals surface area contributed by atoms with Crippen LogP contribution in [0, 0.1) is 19.8 Å². The van der Waals surface area contributed by atoms with Crippen molar-refractivity contribution in [2.45, 2.75) is 40.2 Å². The standard InChI is InChI=1S/C17H28N2/c1-4-19(12-16-9-6-10-18-11-16)13-17-14(2)7-5-8-15(17)3/h5,7-8,16,18H,4,6,9-13H2,1-3H3. The fourth-order valence-electron chi connectivity index (χ4n) is 3.07. The van der Waals surface area contributed by atoms with Gasteiger partial charge in [-0.05, 0) is 68.9 Å². The normalized spacial score (nSPS) is 19.9. The fourth-order valence-corrected chi connectivity index (χ4v) is 3.07. The van der Waals surface area contributed by atoms with Crippen LogP contribution in [0.15, 0.2) is 18.2 Å². The lowest BCUT2D eigenvalue weighted by Crippen LogP contribution is -2.38. The molecule has 2 rings (SSSR count). The summed E-state index contributed by atoms with van der Waals surface area (Å²) < 4.78 is 0. The van der Waals surface area contributed by atoms with Crippen LogP contribution in [0.1, 0.15) is 36.5 Å². The van der Waals surface area contributed by atoms with E-state index in [1.165, 1.54) is 49.2 Å². The molecular weight excluding hydrogens is 232 g/mol. The van der Waals surface area contributed by atoms with E-state index in [1.807, 2.05) is 0 Å². The number of rotatable bonds is 5. The summed E-state index contributed by atoms with van der Waals surface area (Å²) in [5.74, 6) is 0.832. The van der Waals surface area contributed by atoms with Gasteiger partial charge in [-0.3, -0.25) is 4.90 Å². The van der Waals surface area contributed by atoms with Crippen molar-refractivity contribution >= 4 is 0 Å². The van der Waals surface area contributed by atoms with Crippen molar-refractivity contribution in [2.24, 2.45) is 5.92 Å². The summed E-state index contributed by atoms with van der Waals surface area (Å²) in [7, 11) is 0. The van der Waals surface area contributed by atoms with E-state index in [0.717, 1.165) is 19.0 Å². The lowest BCUT2D eigenvalue weighted by molar-refractivity contribution is 0.209. The number of nitrogens with zero attached hydrogens (tertiary/aromatic N) is 1. The Morgan fingerprint density at radius 2 is 2.00 bits per heavy atom. The Morgan fingerprint density at radius 3 is 2.58 bits per heavy atom. The third kappa shape index (κ3) is 4.05. The van der Waals surface area contributed by atoms with Crippen LogP contribution in [-0.4, -0.2) is 31.1 Å². The summed E-state index contributed by atoms with van der Waals surface area (Å²) in [6.45, 7) is 12.6. The molecule has 0 spiro atoms. The molecule has 0 radical (unpaired) electrons. The van der Waals surface area contributed by atoms with Gasteiger partial charge in [0.1, 0.15) is 0 Å². The number of hydrogen-bond donors (Lipinski definition) is 1. The van der Waals surface area contributed by atoms with Gasteiger partial charge in [-0.1, -0.05) is 25.1 Å². The van der Waals surface area contributed by atoms with Crippen molar-refractivity contribution < 1.29 is 0 Å². The summed E-state index contributed by atoms with van der Waals surface area (Å²) in [6, 6.07) is 6.63. The molecule has 0 aliphatic carbocycles. The Labute approximate surface area is 118 Å². The number of hydrogen-bond acceptors (Lipinski definition) is 2. The largest absolute Gasteiger partial charge is 0.316 e. The molecular formula is C17H28N2. The molecule has 1 fully saturated rings. The first-order valence-corrected chi connectivity index (χ1v) is 7.69. The van der Waals surface area contributed by atoms with E-state index in [9.17, 15) is 0 Å². The van der Waals surface area contributed by atoms with Crippen molar-refractivity contribution in [3.05, 3.63) is 34.9 Å². The maximum absolute atomic E-state index is 3.52. The Balaban J connectivity index is 1.98. The molecule has 0 aromatic heterocycles. The van der Waals surface area contributed by atoms with Crippen molar-refractivity contribution in [2.75, 3.05) is 26.2 Å². The number of benzene rings is 1. The first-order chi connectivity index (χ1) is 9.20. The molecule has 2 heteroatoms. The number of nitrogens with one attached hydrogen (secondary N) is 1. The van der Waals surface area contributed by atoms with Crippen molar-refractivity contribution in [3.63, 3.8) is 0 Å². The zero-order valence-electron chi connectivity index (χ0n) is 12.7. The minimum absolute atomic E-state index is 0.832. The average molecular weight is 260 g/mol. The third-order valence-corrected chi connectivity index (χ3v) is 4.39. The van der Waals surface area contributed by atoms with Crippen LogP contribution >= 0.6 is 0 Å². The molecule has 1 aliphatic rings. The van der Waals surface area contributed by atoms with Crippen molar-refractivity contribution in [1.82, 2.24) is 10.2 Å². The van der Waals surface area contributed by atoms with E-state index in [1.54, 1.807) is 0 Å². The third-order valence-electron chi connectivity index (χ3n) is 4.39. The minimum atomic E-state index is 0.832. The summed E-state index contributed by atoms with van der Waals surface area (Å²) in [5.41, 5.74) is 4.38. The van der Waals surface area contributed by atoms with Gasteiger partial charge in [0.15, 0.2) is 0 Å². The SMILES string of the molecule is CCN(Cc1c(C)cccc1C)CC1CCCNC1. The highest BCUT2D eigenvalue weighted by Gasteiger charge is 2.17. The van der Waals surface area contributed by atoms with E-state index in [0.29, 0.717) is 0 Å². The molecule has 1 heterocycles. The summed E-state index contributed by atoms with van der Waals surface area (Å²) >= 11 is 0. The topological polar surface area (TPSA) is 15.3 Å². The van der Waals surface area contributed by atoms with E-state index in [-0.39, 0.29) is 0 Å². The van der Waals surface area contributed by atoms with E-state index in [2.05, 4.69) is 49.2 Å². The van der Waals surface area contributed by atoms with Crippen LogP contribution in [-0.2, 0) is 6.54 Å². The van der Waals surface area contributed by atoms with Crippen LogP contribution in [0.2, 0.25) is 0 Å². The fraction of sp³-hybridized carbons (Fsp3) is 0.647. The molecule has 1 unspecified atom stereocenters. The molecule has 1 aromatic rings. The first-order valence-electron chi connectivity index (χ1n) is 7.69. The average Bonchev–Trinajstić information content (AvgIpc) is 2.43. The quantitative estimate of drug-likeness (QED) is 0.875. The second-order valence-corrected chi connectivity index (χ2v) is 5.91. The number of aryl methyl sites for hydroxylation is 2. The van der Waals surface area contributed by atoms with Gasteiger partial charge in [0.2, 0.25) is 0 Å². The monoisotopic (exact) mass is 260 g/mol. The zero-order valence-corrected chi connectivity index (χ0v) is 12.7. The van der Waals surface area contributed by atoms with E-state index < -0.39 is 0 Å². The summed E-state index contributed by atoms with van der Waals surface area (Å²) in [6.07, 6.45) is 2.72. The predicted molar refractivity (Wildman–Crippen MR) is 82.5 cm³/mol. The first kappa shape index (κ1) is 14.5. The molecule has 106 valence electrons. The van der Waals surface area contributed by atoms with Crippen molar-refractivity contribution in [1.29, 1.82) is 0 Å². The molecule has 1 N–H and O–H groups in total. The number of piperidine rings is 1. The van der Waals surface area contributed by atoms with Gasteiger partial charge in [-0.2, -0.15) is 0 Å². The molecule has 0 saturated carbocycles. The van der Waals surface area contributed by atoms with Crippen LogP contribution in [0.5, 0.6) is 0 Å². The molecule has 1 atom stereocenters. The Kier molecular flexibility index (Phi) is 5.41. The summed E-state index contributed by atoms with van der Waals surface area (Å²) in [4.78, 5) is 2.60. The maximum atomic E-state index is 3.52. The summed E-state index contributed by atoms with van der Waals surface area (Å²) in [5, 5.41) is 3.52.